The van der Waals surface area contributed by atoms with Crippen LogP contribution in [0, 0.1) is 35.5 Å². The van der Waals surface area contributed by atoms with Gasteiger partial charge in [0, 0.05) is 69.7 Å². The van der Waals surface area contributed by atoms with E-state index in [-0.39, 0.29) is 95.4 Å². The van der Waals surface area contributed by atoms with Gasteiger partial charge in [0.1, 0.15) is 30.5 Å². The van der Waals surface area contributed by atoms with Crippen LogP contribution in [0.3, 0.4) is 0 Å². The minimum atomic E-state index is -2.46. The normalized spacial score (nSPS) is 40.1. The molecule has 478 valence electrons. The number of unbranched alkanes of at least 4 members (excludes halogenated alkanes) is 1. The molecule has 4 heterocycles. The number of carbonyl (C=O) groups excluding carboxylic acids is 3. The highest BCUT2D eigenvalue weighted by molar-refractivity contribution is 5.94. The summed E-state index contributed by atoms with van der Waals surface area (Å²) in [6.07, 6.45) is -16.1. The topological polar surface area (TPSA) is 360 Å². The molecule has 23 heteroatoms. The fraction of sp³-hybridized carbons (Fsp3) is 0.915. The zero-order valence-electron chi connectivity index (χ0n) is 50.3. The first-order valence-electron chi connectivity index (χ1n) is 30.0. The molecule has 0 aromatic heterocycles. The Morgan fingerprint density at radius 1 is 0.732 bits per heavy atom. The van der Waals surface area contributed by atoms with Crippen LogP contribution < -0.4 is 0 Å². The van der Waals surface area contributed by atoms with Crippen molar-refractivity contribution in [1.29, 1.82) is 0 Å². The van der Waals surface area contributed by atoms with E-state index in [4.69, 9.17) is 42.6 Å². The van der Waals surface area contributed by atoms with Crippen LogP contribution in [0.5, 0.6) is 0 Å². The molecule has 27 unspecified atom stereocenters. The molecule has 3 fully saturated rings. The maximum Gasteiger partial charge on any atom is 0.330 e. The van der Waals surface area contributed by atoms with Crippen molar-refractivity contribution in [2.75, 3.05) is 21.3 Å². The number of hydrogen-bond donors (Lipinski definition) is 11. The number of rotatable bonds is 16. The number of esters is 3. The zero-order chi connectivity index (χ0) is 61.3. The van der Waals surface area contributed by atoms with Crippen LogP contribution in [0.4, 0.5) is 0 Å². The largest absolute Gasteiger partial charge is 0.468 e. The second-order valence-electron chi connectivity index (χ2n) is 24.3. The second-order valence-corrected chi connectivity index (χ2v) is 24.3. The number of hydrogen-bond acceptors (Lipinski definition) is 23. The van der Waals surface area contributed by atoms with E-state index >= 15 is 0 Å². The fourth-order valence-electron chi connectivity index (χ4n) is 12.2. The van der Waals surface area contributed by atoms with E-state index in [1.165, 1.54) is 6.08 Å². The van der Waals surface area contributed by atoms with E-state index < -0.39 is 170 Å². The first-order valence-corrected chi connectivity index (χ1v) is 30.0. The Morgan fingerprint density at radius 3 is 2.05 bits per heavy atom. The molecule has 0 aliphatic carbocycles. The standard InChI is InChI=1S/C59H104O23/c1-12-13-18-43(57(71)76-11)58(72)79-41-17-15-19-44(64)55-53(81-55)34(6)52(33(5)51(69)32(4)50(68)31(3)35(7)77-49-28-47(74-9)54(75-10)36(8)78-49)80-48(67)20-14-16-37(60)23-39(62)24-38(61)22-21-30(2)46(66)29-59(73)56(70)45(65)27-42(82-59)26-40(63)25-41/h14,20,30-47,49-56,60-66,68-70,73H,12-13,15-19,21-29H2,1-11H3. The van der Waals surface area contributed by atoms with Gasteiger partial charge in [-0.2, -0.15) is 0 Å². The van der Waals surface area contributed by atoms with E-state index in [0.29, 0.717) is 19.3 Å². The lowest BCUT2D eigenvalue weighted by Gasteiger charge is -2.45. The predicted molar refractivity (Wildman–Crippen MR) is 295 cm³/mol. The maximum absolute atomic E-state index is 13.7. The summed E-state index contributed by atoms with van der Waals surface area (Å²) < 4.78 is 52.5. The molecular formula is C59H104O23. The van der Waals surface area contributed by atoms with Crippen molar-refractivity contribution in [3.63, 3.8) is 0 Å². The lowest BCUT2D eigenvalue weighted by Crippen LogP contribution is -2.59. The Balaban J connectivity index is 1.58. The number of cyclic esters (lactones) is 1. The minimum absolute atomic E-state index is 0.0781. The summed E-state index contributed by atoms with van der Waals surface area (Å²) >= 11 is 0. The van der Waals surface area contributed by atoms with Crippen molar-refractivity contribution in [3.05, 3.63) is 12.2 Å². The summed E-state index contributed by atoms with van der Waals surface area (Å²) in [5.41, 5.74) is 0. The monoisotopic (exact) mass is 1180 g/mol. The van der Waals surface area contributed by atoms with Gasteiger partial charge in [-0.05, 0) is 84.0 Å². The van der Waals surface area contributed by atoms with Crippen molar-refractivity contribution in [2.24, 2.45) is 35.5 Å². The Labute approximate surface area is 484 Å². The molecule has 0 aromatic carbocycles. The van der Waals surface area contributed by atoms with Crippen LogP contribution in [0.1, 0.15) is 158 Å². The van der Waals surface area contributed by atoms with Gasteiger partial charge in [0.05, 0.1) is 92.6 Å². The summed E-state index contributed by atoms with van der Waals surface area (Å²) in [5.74, 6) is -9.57. The molecule has 4 rings (SSSR count). The predicted octanol–water partition coefficient (Wildman–Crippen LogP) is 2.25. The minimum Gasteiger partial charge on any atom is -0.468 e. The third-order valence-corrected chi connectivity index (χ3v) is 17.8. The molecule has 0 saturated carbocycles. The van der Waals surface area contributed by atoms with Crippen molar-refractivity contribution in [3.8, 4) is 0 Å². The van der Waals surface area contributed by atoms with Gasteiger partial charge < -0.3 is 98.8 Å². The first-order chi connectivity index (χ1) is 38.6. The summed E-state index contributed by atoms with van der Waals surface area (Å²) in [5, 5.41) is 124. The number of aliphatic hydroxyl groups excluding tert-OH is 10. The van der Waals surface area contributed by atoms with Gasteiger partial charge >= 0.3 is 17.9 Å². The highest BCUT2D eigenvalue weighted by Crippen LogP contribution is 2.41. The van der Waals surface area contributed by atoms with E-state index in [2.05, 4.69) is 0 Å². The van der Waals surface area contributed by atoms with Crippen LogP contribution in [0.2, 0.25) is 0 Å². The van der Waals surface area contributed by atoms with Crippen molar-refractivity contribution < 1.29 is 113 Å². The Morgan fingerprint density at radius 2 is 1.40 bits per heavy atom. The van der Waals surface area contributed by atoms with E-state index in [1.54, 1.807) is 55.8 Å². The average molecular weight is 1180 g/mol. The molecule has 82 heavy (non-hydrogen) atoms. The smallest absolute Gasteiger partial charge is 0.330 e. The van der Waals surface area contributed by atoms with Gasteiger partial charge in [-0.15, -0.1) is 0 Å². The van der Waals surface area contributed by atoms with Crippen LogP contribution in [0.25, 0.3) is 0 Å². The third-order valence-electron chi connectivity index (χ3n) is 17.8. The molecule has 0 radical (unpaired) electrons. The number of aliphatic hydroxyl groups is 11. The summed E-state index contributed by atoms with van der Waals surface area (Å²) in [6.45, 7) is 14.1. The van der Waals surface area contributed by atoms with Crippen LogP contribution in [-0.4, -0.2) is 223 Å². The van der Waals surface area contributed by atoms with Gasteiger partial charge in [0.2, 0.25) is 0 Å². The molecule has 11 N–H and O–H groups in total. The third kappa shape index (κ3) is 21.1. The van der Waals surface area contributed by atoms with Gasteiger partial charge in [-0.3, -0.25) is 9.59 Å². The number of methoxy groups -OCH3 is 3. The zero-order valence-corrected chi connectivity index (χ0v) is 50.3. The average Bonchev–Trinajstić information content (AvgIpc) is 4.25. The second kappa shape index (κ2) is 34.1. The summed E-state index contributed by atoms with van der Waals surface area (Å²) in [4.78, 5) is 40.1. The molecule has 3 saturated heterocycles. The SMILES string of the molecule is CCCCC(C(=O)OC)C(=O)OC1CCCC(O)C2OC2C(C)C(C(C)C(O)C(C)C(O)C(C)C(C)OC2CC(OC)C(OC)C(C)O2)OC(=O)C=CCC(O)CC(O)CC(O)CCC(C)C(O)CC2(O)OC(CC(O)C1)CC(O)C2O. The summed E-state index contributed by atoms with van der Waals surface area (Å²) in [7, 11) is 4.33. The first kappa shape index (κ1) is 71.9. The molecule has 0 aromatic rings. The van der Waals surface area contributed by atoms with Crippen LogP contribution >= 0.6 is 0 Å². The van der Waals surface area contributed by atoms with Gasteiger partial charge in [0.25, 0.3) is 0 Å². The Kier molecular flexibility index (Phi) is 29.9. The number of ether oxygens (including phenoxy) is 9. The quantitative estimate of drug-likeness (QED) is 0.0457. The van der Waals surface area contributed by atoms with Crippen LogP contribution in [0.15, 0.2) is 12.2 Å². The number of fused-ring (bicyclic) bond motifs is 3. The maximum atomic E-state index is 13.7. The van der Waals surface area contributed by atoms with Crippen molar-refractivity contribution in [2.45, 2.75) is 286 Å². The number of carbonyl (C=O) groups is 3. The molecule has 4 aliphatic heterocycles. The molecular weight excluding hydrogens is 1080 g/mol. The number of epoxide rings is 1. The summed E-state index contributed by atoms with van der Waals surface area (Å²) in [6, 6.07) is 0. The molecule has 4 aliphatic rings. The molecule has 23 nitrogen and oxygen atoms in total. The highest BCUT2D eigenvalue weighted by Gasteiger charge is 2.53. The van der Waals surface area contributed by atoms with E-state index in [9.17, 15) is 70.6 Å². The Hall–Kier alpha value is -2.53. The van der Waals surface area contributed by atoms with Gasteiger partial charge in [-0.25, -0.2) is 4.79 Å². The molecule has 0 amide bonds. The molecule has 0 spiro atoms. The van der Waals surface area contributed by atoms with Crippen LogP contribution in [-0.2, 0) is 57.0 Å². The van der Waals surface area contributed by atoms with E-state index in [0.717, 1.165) is 13.2 Å². The van der Waals surface area contributed by atoms with Gasteiger partial charge in [0.15, 0.2) is 18.0 Å². The highest BCUT2D eigenvalue weighted by atomic mass is 16.7. The van der Waals surface area contributed by atoms with Crippen molar-refractivity contribution >= 4 is 17.9 Å². The molecule has 27 atom stereocenters. The molecule has 2 bridgehead atoms. The lowest BCUT2D eigenvalue weighted by atomic mass is 9.77. The van der Waals surface area contributed by atoms with Crippen molar-refractivity contribution in [1.82, 2.24) is 0 Å². The lowest BCUT2D eigenvalue weighted by molar-refractivity contribution is -0.333. The fourth-order valence-corrected chi connectivity index (χ4v) is 12.2. The van der Waals surface area contributed by atoms with Gasteiger partial charge in [-0.1, -0.05) is 60.5 Å². The van der Waals surface area contributed by atoms with E-state index in [1.807, 2.05) is 13.8 Å². The Bertz CT molecular complexity index is 1910.